The van der Waals surface area contributed by atoms with Crippen molar-refractivity contribution in [1.82, 2.24) is 14.8 Å². The molecule has 0 aliphatic carbocycles. The van der Waals surface area contributed by atoms with Crippen LogP contribution < -0.4 is 5.32 Å². The Morgan fingerprint density at radius 1 is 1.18 bits per heavy atom. The highest BCUT2D eigenvalue weighted by Crippen LogP contribution is 2.24. The normalized spacial score (nSPS) is 16.9. The largest absolute Gasteiger partial charge is 0.334 e. The summed E-state index contributed by atoms with van der Waals surface area (Å²) in [6.07, 6.45) is 5.01. The lowest BCUT2D eigenvalue weighted by molar-refractivity contribution is -0.130. The van der Waals surface area contributed by atoms with Gasteiger partial charge >= 0.3 is 0 Å². The Balaban J connectivity index is 1.44. The van der Waals surface area contributed by atoms with Gasteiger partial charge in [-0.2, -0.15) is 0 Å². The second-order valence-electron chi connectivity index (χ2n) is 8.39. The van der Waals surface area contributed by atoms with Crippen molar-refractivity contribution in [3.8, 4) is 0 Å². The number of halogens is 1. The maximum atomic E-state index is 13.1. The van der Waals surface area contributed by atoms with E-state index in [1.54, 1.807) is 30.5 Å². The standard InChI is InChI=1S/C26H27FN4O2/c1-18-16-30(17-20-5-8-23(27)9-6-20)12-13-31(18)26(33)10-7-22-14-24-21(4-3-11-28-24)15-25(22)29-19(2)32/h3-11,14-15,18H,12-13,16-17H2,1-2H3,(H,29,32)/t18-/m1/s1. The molecule has 2 aromatic carbocycles. The summed E-state index contributed by atoms with van der Waals surface area (Å²) < 4.78 is 13.1. The highest BCUT2D eigenvalue weighted by Gasteiger charge is 2.26. The van der Waals surface area contributed by atoms with Gasteiger partial charge in [0.15, 0.2) is 0 Å². The van der Waals surface area contributed by atoms with Crippen LogP contribution in [-0.4, -0.2) is 52.3 Å². The molecule has 3 aromatic rings. The first-order chi connectivity index (χ1) is 15.9. The van der Waals surface area contributed by atoms with E-state index < -0.39 is 0 Å². The van der Waals surface area contributed by atoms with E-state index in [4.69, 9.17) is 0 Å². The molecule has 2 amide bonds. The van der Waals surface area contributed by atoms with Gasteiger partial charge in [0.2, 0.25) is 11.8 Å². The van der Waals surface area contributed by atoms with E-state index in [2.05, 4.69) is 15.2 Å². The smallest absolute Gasteiger partial charge is 0.246 e. The average Bonchev–Trinajstić information content (AvgIpc) is 2.78. The van der Waals surface area contributed by atoms with Crippen molar-refractivity contribution in [3.63, 3.8) is 0 Å². The van der Waals surface area contributed by atoms with Crippen molar-refractivity contribution in [2.24, 2.45) is 0 Å². The molecule has 1 aliphatic rings. The van der Waals surface area contributed by atoms with E-state index in [-0.39, 0.29) is 23.7 Å². The van der Waals surface area contributed by atoms with E-state index in [0.717, 1.165) is 41.7 Å². The molecule has 33 heavy (non-hydrogen) atoms. The lowest BCUT2D eigenvalue weighted by atomic mass is 10.1. The number of aromatic nitrogens is 1. The zero-order valence-electron chi connectivity index (χ0n) is 18.8. The first-order valence-electron chi connectivity index (χ1n) is 11.0. The summed E-state index contributed by atoms with van der Waals surface area (Å²) in [7, 11) is 0. The number of carbonyl (C=O) groups is 2. The lowest BCUT2D eigenvalue weighted by Crippen LogP contribution is -2.53. The van der Waals surface area contributed by atoms with Gasteiger partial charge in [-0.1, -0.05) is 18.2 Å². The Morgan fingerprint density at radius 3 is 2.70 bits per heavy atom. The van der Waals surface area contributed by atoms with Gasteiger partial charge in [-0.3, -0.25) is 19.5 Å². The van der Waals surface area contributed by atoms with Gasteiger partial charge in [-0.25, -0.2) is 4.39 Å². The number of fused-ring (bicyclic) bond motifs is 1. The molecule has 0 spiro atoms. The molecule has 1 atom stereocenters. The minimum absolute atomic E-state index is 0.0458. The van der Waals surface area contributed by atoms with E-state index >= 15 is 0 Å². The molecule has 1 aliphatic heterocycles. The molecule has 0 unspecified atom stereocenters. The first-order valence-corrected chi connectivity index (χ1v) is 11.0. The predicted octanol–water partition coefficient (Wildman–Crippen LogP) is 4.08. The highest BCUT2D eigenvalue weighted by atomic mass is 19.1. The quantitative estimate of drug-likeness (QED) is 0.600. The topological polar surface area (TPSA) is 65.5 Å². The molecule has 1 saturated heterocycles. The van der Waals surface area contributed by atoms with Gasteiger partial charge in [0, 0.05) is 68.1 Å². The summed E-state index contributed by atoms with van der Waals surface area (Å²) in [4.78, 5) is 33.1. The van der Waals surface area contributed by atoms with Crippen LogP contribution in [-0.2, 0) is 16.1 Å². The number of carbonyl (C=O) groups excluding carboxylic acids is 2. The maximum Gasteiger partial charge on any atom is 0.246 e. The molecular formula is C26H27FN4O2. The summed E-state index contributed by atoms with van der Waals surface area (Å²) in [6, 6.07) is 14.1. The van der Waals surface area contributed by atoms with Crippen molar-refractivity contribution < 1.29 is 14.0 Å². The second kappa shape index (κ2) is 9.92. The monoisotopic (exact) mass is 446 g/mol. The van der Waals surface area contributed by atoms with Gasteiger partial charge < -0.3 is 10.2 Å². The molecule has 7 heteroatoms. The van der Waals surface area contributed by atoms with E-state index in [0.29, 0.717) is 12.2 Å². The van der Waals surface area contributed by atoms with Crippen LogP contribution >= 0.6 is 0 Å². The average molecular weight is 447 g/mol. The van der Waals surface area contributed by atoms with Gasteiger partial charge in [0.05, 0.1) is 5.52 Å². The highest BCUT2D eigenvalue weighted by molar-refractivity contribution is 5.98. The molecular weight excluding hydrogens is 419 g/mol. The third-order valence-electron chi connectivity index (χ3n) is 5.80. The fourth-order valence-corrected chi connectivity index (χ4v) is 4.18. The number of benzene rings is 2. The van der Waals surface area contributed by atoms with Gasteiger partial charge in [-0.05, 0) is 48.9 Å². The number of anilines is 1. The fraction of sp³-hybridized carbons (Fsp3) is 0.269. The molecule has 0 saturated carbocycles. The van der Waals surface area contributed by atoms with Crippen molar-refractivity contribution >= 4 is 34.5 Å². The third kappa shape index (κ3) is 5.62. The number of amides is 2. The summed E-state index contributed by atoms with van der Waals surface area (Å²) in [5, 5.41) is 3.75. The lowest BCUT2D eigenvalue weighted by Gasteiger charge is -2.39. The van der Waals surface area contributed by atoms with Gasteiger partial charge in [0.25, 0.3) is 0 Å². The predicted molar refractivity (Wildman–Crippen MR) is 128 cm³/mol. The van der Waals surface area contributed by atoms with Crippen LogP contribution in [0, 0.1) is 5.82 Å². The maximum absolute atomic E-state index is 13.1. The minimum Gasteiger partial charge on any atom is -0.334 e. The molecule has 4 rings (SSSR count). The Hall–Kier alpha value is -3.58. The number of nitrogens with zero attached hydrogens (tertiary/aromatic N) is 3. The summed E-state index contributed by atoms with van der Waals surface area (Å²) >= 11 is 0. The Morgan fingerprint density at radius 2 is 1.97 bits per heavy atom. The second-order valence-corrected chi connectivity index (χ2v) is 8.39. The molecule has 170 valence electrons. The van der Waals surface area contributed by atoms with E-state index in [1.165, 1.54) is 19.1 Å². The minimum atomic E-state index is -0.238. The number of nitrogens with one attached hydrogen (secondary N) is 1. The van der Waals surface area contributed by atoms with Crippen molar-refractivity contribution in [3.05, 3.63) is 77.7 Å². The van der Waals surface area contributed by atoms with Crippen LogP contribution in [0.1, 0.15) is 25.0 Å². The Kier molecular flexibility index (Phi) is 6.79. The number of rotatable bonds is 5. The zero-order valence-corrected chi connectivity index (χ0v) is 18.8. The third-order valence-corrected chi connectivity index (χ3v) is 5.80. The molecule has 0 radical (unpaired) electrons. The molecule has 0 bridgehead atoms. The van der Waals surface area contributed by atoms with Crippen LogP contribution in [0.2, 0.25) is 0 Å². The fourth-order valence-electron chi connectivity index (χ4n) is 4.18. The van der Waals surface area contributed by atoms with Gasteiger partial charge in [-0.15, -0.1) is 0 Å². The zero-order chi connectivity index (χ0) is 23.4. The molecule has 2 heterocycles. The Bertz CT molecular complexity index is 1190. The first kappa shape index (κ1) is 22.6. The van der Waals surface area contributed by atoms with Crippen molar-refractivity contribution in [2.75, 3.05) is 25.0 Å². The number of piperazine rings is 1. The number of hydrogen-bond acceptors (Lipinski definition) is 4. The van der Waals surface area contributed by atoms with Crippen LogP contribution in [0.4, 0.5) is 10.1 Å². The van der Waals surface area contributed by atoms with Crippen LogP contribution in [0.3, 0.4) is 0 Å². The van der Waals surface area contributed by atoms with Crippen molar-refractivity contribution in [1.29, 1.82) is 0 Å². The Labute approximate surface area is 192 Å². The SMILES string of the molecule is CC(=O)Nc1cc2cccnc2cc1C=CC(=O)N1CCN(Cc2ccc(F)cc2)C[C@H]1C. The number of hydrogen-bond donors (Lipinski definition) is 1. The molecule has 1 aromatic heterocycles. The molecule has 1 fully saturated rings. The summed E-state index contributed by atoms with van der Waals surface area (Å²) in [6.45, 7) is 6.33. The summed E-state index contributed by atoms with van der Waals surface area (Å²) in [5.41, 5.74) is 3.22. The van der Waals surface area contributed by atoms with Crippen molar-refractivity contribution in [2.45, 2.75) is 26.4 Å². The van der Waals surface area contributed by atoms with E-state index in [1.807, 2.05) is 36.1 Å². The van der Waals surface area contributed by atoms with Crippen LogP contribution in [0.5, 0.6) is 0 Å². The number of pyridine rings is 1. The van der Waals surface area contributed by atoms with Gasteiger partial charge in [0.1, 0.15) is 5.82 Å². The van der Waals surface area contributed by atoms with Crippen LogP contribution in [0.25, 0.3) is 17.0 Å². The molecule has 1 N–H and O–H groups in total. The molecule has 6 nitrogen and oxygen atoms in total. The van der Waals surface area contributed by atoms with E-state index in [9.17, 15) is 14.0 Å². The summed E-state index contributed by atoms with van der Waals surface area (Å²) in [5.74, 6) is -0.484. The van der Waals surface area contributed by atoms with Crippen LogP contribution in [0.15, 0.2) is 60.8 Å².